The monoisotopic (exact) mass is 940 g/mol. The van der Waals surface area contributed by atoms with Gasteiger partial charge in [0.1, 0.15) is 0 Å². The topological polar surface area (TPSA) is 496 Å². The van der Waals surface area contributed by atoms with E-state index in [4.69, 9.17) is 4.74 Å². The Morgan fingerprint density at radius 3 is 0.985 bits per heavy atom. The highest BCUT2D eigenvalue weighted by molar-refractivity contribution is 6.52. The van der Waals surface area contributed by atoms with E-state index < -0.39 is 178 Å². The largest absolute Gasteiger partial charge is 0.504 e. The van der Waals surface area contributed by atoms with Crippen LogP contribution in [0.1, 0.15) is 51.8 Å². The third kappa shape index (κ3) is 7.69. The van der Waals surface area contributed by atoms with Crippen molar-refractivity contribution in [3.63, 3.8) is 0 Å². The van der Waals surface area contributed by atoms with E-state index in [1.807, 2.05) is 0 Å². The summed E-state index contributed by atoms with van der Waals surface area (Å²) >= 11 is 0. The van der Waals surface area contributed by atoms with E-state index in [0.29, 0.717) is 12.1 Å². The van der Waals surface area contributed by atoms with E-state index in [-0.39, 0.29) is 48.5 Å². The zero-order chi connectivity index (χ0) is 50.6. The molecular formula is C41H32O26. The number of hydrogen-bond donors (Lipinski definition) is 19. The Hall–Kier alpha value is -9.24. The van der Waals surface area contributed by atoms with Gasteiger partial charge in [-0.2, -0.15) is 0 Å². The number of phenols is 15. The van der Waals surface area contributed by atoms with Crippen molar-refractivity contribution in [3.05, 3.63) is 88.5 Å². The van der Waals surface area contributed by atoms with E-state index in [9.17, 15) is 116 Å². The van der Waals surface area contributed by atoms with Crippen molar-refractivity contribution < 1.29 is 131 Å². The first-order chi connectivity index (χ1) is 31.0. The minimum atomic E-state index is -5.57. The smallest absolute Gasteiger partial charge is 0.338 e. The standard InChI is InChI=1S/C41H32O26/c42-11-27(67-38(63)16-9-25(51)33(58)26(52)10-16)39(64,34(59)13-3-19(45)30(55)20(46)4-13)41(66,36(61)15-7-23(49)32(57)24(50)8-15)40(65,35(60)14-5-21(47)31(56)22(48)6-14)37(62)28(53)12-1-17(43)29(54)18(44)2-12/h1-10,27,42-52,54-58,64-66H,11H2/t27-,39+,40+,41+/m1/s1. The third-order valence-electron chi connectivity index (χ3n) is 10.1. The highest BCUT2D eigenvalue weighted by Crippen LogP contribution is 2.49. The van der Waals surface area contributed by atoms with Gasteiger partial charge in [0.05, 0.1) is 12.2 Å². The summed E-state index contributed by atoms with van der Waals surface area (Å²) < 4.78 is 5.02. The molecule has 26 nitrogen and oxygen atoms in total. The minimum Gasteiger partial charge on any atom is -0.504 e. The first-order valence-corrected chi connectivity index (χ1v) is 18.0. The van der Waals surface area contributed by atoms with Crippen molar-refractivity contribution in [2.45, 2.75) is 22.9 Å². The molecule has 0 heterocycles. The third-order valence-corrected chi connectivity index (χ3v) is 10.1. The Morgan fingerprint density at radius 1 is 0.403 bits per heavy atom. The fourth-order valence-corrected chi connectivity index (χ4v) is 6.64. The number of aliphatic hydroxyl groups is 4. The van der Waals surface area contributed by atoms with Crippen LogP contribution in [0, 0.1) is 0 Å². The van der Waals surface area contributed by atoms with Crippen LogP contribution in [0.2, 0.25) is 0 Å². The highest BCUT2D eigenvalue weighted by Gasteiger charge is 2.78. The summed E-state index contributed by atoms with van der Waals surface area (Å²) in [4.78, 5) is 87.9. The van der Waals surface area contributed by atoms with E-state index in [1.54, 1.807) is 0 Å². The van der Waals surface area contributed by atoms with Gasteiger partial charge in [0.2, 0.25) is 45.7 Å². The van der Waals surface area contributed by atoms with Gasteiger partial charge in [-0.25, -0.2) is 4.79 Å². The second-order valence-corrected chi connectivity index (χ2v) is 14.2. The molecular weight excluding hydrogens is 908 g/mol. The lowest BCUT2D eigenvalue weighted by Crippen LogP contribution is -2.83. The number of carbonyl (C=O) groups excluding carboxylic acids is 6. The van der Waals surface area contributed by atoms with Crippen LogP contribution >= 0.6 is 0 Å². The molecule has 4 atom stereocenters. The summed E-state index contributed by atoms with van der Waals surface area (Å²) in [5, 5.41) is 203. The zero-order valence-corrected chi connectivity index (χ0v) is 32.9. The highest BCUT2D eigenvalue weighted by atomic mass is 16.6. The number of ketones is 5. The van der Waals surface area contributed by atoms with Crippen LogP contribution in [0.3, 0.4) is 0 Å². The second-order valence-electron chi connectivity index (χ2n) is 14.2. The van der Waals surface area contributed by atoms with Crippen LogP contribution in [0.4, 0.5) is 0 Å². The summed E-state index contributed by atoms with van der Waals surface area (Å²) in [7, 11) is 0. The van der Waals surface area contributed by atoms with E-state index in [2.05, 4.69) is 0 Å². The van der Waals surface area contributed by atoms with Crippen LogP contribution in [0.25, 0.3) is 0 Å². The lowest BCUT2D eigenvalue weighted by Gasteiger charge is -2.50. The van der Waals surface area contributed by atoms with Crippen molar-refractivity contribution in [3.8, 4) is 86.2 Å². The van der Waals surface area contributed by atoms with Crippen LogP contribution in [0.5, 0.6) is 86.2 Å². The molecule has 0 spiro atoms. The van der Waals surface area contributed by atoms with Gasteiger partial charge in [0.25, 0.3) is 0 Å². The molecule has 5 rings (SSSR count). The van der Waals surface area contributed by atoms with Crippen LogP contribution < -0.4 is 0 Å². The van der Waals surface area contributed by atoms with Gasteiger partial charge in [-0.1, -0.05) is 0 Å². The fraction of sp³-hybridized carbons (Fsp3) is 0.122. The molecule has 0 aliphatic carbocycles. The van der Waals surface area contributed by atoms with Crippen molar-refractivity contribution in [1.29, 1.82) is 0 Å². The number of ether oxygens (including phenoxy) is 1. The Kier molecular flexibility index (Phi) is 12.4. The minimum absolute atomic E-state index is 0.0128. The SMILES string of the molecule is O=C(O[C@H](CO)[C@](O)(C(=O)c1cc(O)c(O)c(O)c1)[C@@](O)(C(=O)c1cc(O)c(O)c(O)c1)[C@@](O)(C(=O)C(=O)c1cc(O)c(O)c(O)c1)C(=O)c1cc(O)c(O)c(O)c1)c1cc(O)c(O)c(O)c1. The molecule has 0 aromatic heterocycles. The molecule has 352 valence electrons. The molecule has 0 bridgehead atoms. The maximum atomic E-state index is 15.2. The van der Waals surface area contributed by atoms with Crippen molar-refractivity contribution in [2.75, 3.05) is 6.61 Å². The molecule has 0 amide bonds. The molecule has 26 heteroatoms. The summed E-state index contributed by atoms with van der Waals surface area (Å²) in [6, 6.07) is 1.11. The number of aromatic hydroxyl groups is 15. The molecule has 5 aromatic carbocycles. The lowest BCUT2D eigenvalue weighted by molar-refractivity contribution is -0.212. The Balaban J connectivity index is 2.04. The maximum Gasteiger partial charge on any atom is 0.338 e. The second kappa shape index (κ2) is 17.0. The van der Waals surface area contributed by atoms with E-state index in [0.717, 1.165) is 0 Å². The van der Waals surface area contributed by atoms with Crippen molar-refractivity contribution in [2.24, 2.45) is 0 Å². The molecule has 0 fully saturated rings. The van der Waals surface area contributed by atoms with Gasteiger partial charge in [0.15, 0.2) is 92.3 Å². The van der Waals surface area contributed by atoms with Crippen molar-refractivity contribution >= 4 is 34.9 Å². The molecule has 67 heavy (non-hydrogen) atoms. The molecule has 0 saturated carbocycles. The van der Waals surface area contributed by atoms with Gasteiger partial charge in [-0.3, -0.25) is 24.0 Å². The summed E-state index contributed by atoms with van der Waals surface area (Å²) in [5.74, 6) is -37.7. The quantitative estimate of drug-likeness (QED) is 0.0198. The first kappa shape index (κ1) is 48.8. The van der Waals surface area contributed by atoms with Crippen molar-refractivity contribution in [1.82, 2.24) is 0 Å². The van der Waals surface area contributed by atoms with Crippen LogP contribution in [0.15, 0.2) is 60.7 Å². The summed E-state index contributed by atoms with van der Waals surface area (Å²) in [6.45, 7) is -2.23. The fourth-order valence-electron chi connectivity index (χ4n) is 6.64. The predicted molar refractivity (Wildman–Crippen MR) is 211 cm³/mol. The zero-order valence-electron chi connectivity index (χ0n) is 32.9. The Bertz CT molecular complexity index is 2840. The average molecular weight is 941 g/mol. The molecule has 0 saturated heterocycles. The van der Waals surface area contributed by atoms with Crippen LogP contribution in [-0.4, -0.2) is 161 Å². The summed E-state index contributed by atoms with van der Waals surface area (Å²) in [5.41, 5.74) is -23.6. The number of hydrogen-bond acceptors (Lipinski definition) is 26. The van der Waals surface area contributed by atoms with Gasteiger partial charge >= 0.3 is 5.97 Å². The Labute approximate surface area is 369 Å². The van der Waals surface area contributed by atoms with Crippen LogP contribution in [-0.2, 0) is 9.53 Å². The van der Waals surface area contributed by atoms with E-state index >= 15 is 9.59 Å². The van der Waals surface area contributed by atoms with Gasteiger partial charge in [0, 0.05) is 22.3 Å². The molecule has 19 N–H and O–H groups in total. The number of esters is 1. The normalized spacial score (nSPS) is 14.4. The number of Topliss-reactive ketones (excluding diaryl/α,β-unsaturated/α-hetero) is 5. The number of rotatable bonds is 15. The van der Waals surface area contributed by atoms with E-state index in [1.165, 1.54) is 0 Å². The summed E-state index contributed by atoms with van der Waals surface area (Å²) in [6.07, 6.45) is -3.61. The lowest BCUT2D eigenvalue weighted by atomic mass is 9.58. The first-order valence-electron chi connectivity index (χ1n) is 18.0. The number of aliphatic hydroxyl groups excluding tert-OH is 1. The van der Waals surface area contributed by atoms with Gasteiger partial charge in [-0.15, -0.1) is 0 Å². The number of benzene rings is 5. The predicted octanol–water partition coefficient (Wildman–Crippen LogP) is -0.918. The number of carbonyl (C=O) groups is 6. The Morgan fingerprint density at radius 2 is 0.672 bits per heavy atom. The number of phenolic OH excluding ortho intramolecular Hbond substituents is 15. The van der Waals surface area contributed by atoms with Gasteiger partial charge in [-0.05, 0) is 60.7 Å². The molecule has 0 radical (unpaired) electrons. The molecule has 0 aliphatic heterocycles. The molecule has 0 unspecified atom stereocenters. The maximum absolute atomic E-state index is 15.2. The molecule has 5 aromatic rings. The van der Waals surface area contributed by atoms with Gasteiger partial charge < -0.3 is 102 Å². The average Bonchev–Trinajstić information content (AvgIpc) is 3.28. The molecule has 0 aliphatic rings.